The Kier molecular flexibility index (Phi) is 4.62. The third kappa shape index (κ3) is 3.09. The van der Waals surface area contributed by atoms with Gasteiger partial charge in [0, 0.05) is 44.2 Å². The van der Waals surface area contributed by atoms with E-state index in [2.05, 4.69) is 4.90 Å². The molecule has 1 aliphatic carbocycles. The Balaban J connectivity index is 1.57. The Hall–Kier alpha value is -1.62. The second-order valence-electron chi connectivity index (χ2n) is 6.15. The van der Waals surface area contributed by atoms with Gasteiger partial charge in [-0.3, -0.25) is 9.69 Å². The number of carbonyl (C=O) groups excluding carboxylic acids is 1. The van der Waals surface area contributed by atoms with Crippen LogP contribution in [0.5, 0.6) is 5.75 Å². The third-order valence-corrected chi connectivity index (χ3v) is 4.82. The number of hydrogen-bond acceptors (Lipinski definition) is 3. The lowest BCUT2D eigenvalue weighted by molar-refractivity contribution is -0.140. The molecule has 2 fully saturated rings. The number of halogens is 1. The maximum Gasteiger partial charge on any atom is 0.225 e. The van der Waals surface area contributed by atoms with Crippen molar-refractivity contribution in [2.75, 3.05) is 33.3 Å². The van der Waals surface area contributed by atoms with Crippen LogP contribution in [0.1, 0.15) is 24.8 Å². The number of hydrogen-bond donors (Lipinski definition) is 0. The summed E-state index contributed by atoms with van der Waals surface area (Å²) in [5.41, 5.74) is 0.601. The van der Waals surface area contributed by atoms with E-state index in [4.69, 9.17) is 4.74 Å². The maximum atomic E-state index is 14.0. The van der Waals surface area contributed by atoms with Gasteiger partial charge in [0.25, 0.3) is 0 Å². The van der Waals surface area contributed by atoms with E-state index in [-0.39, 0.29) is 11.7 Å². The highest BCUT2D eigenvalue weighted by atomic mass is 19.1. The maximum absolute atomic E-state index is 14.0. The minimum Gasteiger partial charge on any atom is -0.496 e. The minimum absolute atomic E-state index is 0.229. The summed E-state index contributed by atoms with van der Waals surface area (Å²) < 4.78 is 19.2. The van der Waals surface area contributed by atoms with Crippen molar-refractivity contribution in [1.29, 1.82) is 0 Å². The lowest BCUT2D eigenvalue weighted by Crippen LogP contribution is -2.50. The zero-order chi connectivity index (χ0) is 15.5. The van der Waals surface area contributed by atoms with E-state index in [1.54, 1.807) is 19.2 Å². The second-order valence-corrected chi connectivity index (χ2v) is 6.15. The van der Waals surface area contributed by atoms with Crippen molar-refractivity contribution in [3.05, 3.63) is 29.6 Å². The molecular weight excluding hydrogens is 283 g/mol. The molecule has 1 saturated heterocycles. The van der Waals surface area contributed by atoms with Gasteiger partial charge in [0.05, 0.1) is 7.11 Å². The normalized spacial score (nSPS) is 19.8. The van der Waals surface area contributed by atoms with E-state index in [1.165, 1.54) is 12.5 Å². The second kappa shape index (κ2) is 6.65. The van der Waals surface area contributed by atoms with Crippen LogP contribution in [-0.2, 0) is 11.3 Å². The summed E-state index contributed by atoms with van der Waals surface area (Å²) in [5.74, 6) is 0.938. The van der Waals surface area contributed by atoms with Crippen LogP contribution in [0.3, 0.4) is 0 Å². The highest BCUT2D eigenvalue weighted by Crippen LogP contribution is 2.29. The molecule has 0 spiro atoms. The summed E-state index contributed by atoms with van der Waals surface area (Å²) in [4.78, 5) is 16.4. The summed E-state index contributed by atoms with van der Waals surface area (Å²) in [6, 6.07) is 4.91. The van der Waals surface area contributed by atoms with Gasteiger partial charge in [0.1, 0.15) is 11.6 Å². The highest BCUT2D eigenvalue weighted by molar-refractivity contribution is 5.79. The first-order valence-corrected chi connectivity index (χ1v) is 8.01. The van der Waals surface area contributed by atoms with Gasteiger partial charge in [-0.2, -0.15) is 0 Å². The molecule has 1 saturated carbocycles. The van der Waals surface area contributed by atoms with E-state index in [1.807, 2.05) is 4.90 Å². The van der Waals surface area contributed by atoms with Crippen molar-refractivity contribution in [3.8, 4) is 5.75 Å². The largest absolute Gasteiger partial charge is 0.496 e. The van der Waals surface area contributed by atoms with E-state index < -0.39 is 0 Å². The number of methoxy groups -OCH3 is 1. The standard InChI is InChI=1S/C17H23FN2O2/c1-22-16-7-3-6-15(18)14(16)12-19-8-10-20(11-9-19)17(21)13-4-2-5-13/h3,6-7,13H,2,4-5,8-12H2,1H3. The Labute approximate surface area is 130 Å². The SMILES string of the molecule is COc1cccc(F)c1CN1CCN(C(=O)C2CCC2)CC1. The quantitative estimate of drug-likeness (QED) is 0.855. The van der Waals surface area contributed by atoms with Gasteiger partial charge in [-0.1, -0.05) is 12.5 Å². The first-order valence-electron chi connectivity index (χ1n) is 8.01. The third-order valence-electron chi connectivity index (χ3n) is 4.82. The van der Waals surface area contributed by atoms with Gasteiger partial charge < -0.3 is 9.64 Å². The smallest absolute Gasteiger partial charge is 0.225 e. The zero-order valence-electron chi connectivity index (χ0n) is 13.1. The number of amides is 1. The van der Waals surface area contributed by atoms with Gasteiger partial charge >= 0.3 is 0 Å². The number of benzene rings is 1. The van der Waals surface area contributed by atoms with Gasteiger partial charge in [-0.05, 0) is 25.0 Å². The first-order chi connectivity index (χ1) is 10.7. The van der Waals surface area contributed by atoms with Crippen LogP contribution >= 0.6 is 0 Å². The molecule has 1 aromatic rings. The molecule has 2 aliphatic rings. The predicted octanol–water partition coefficient (Wildman–Crippen LogP) is 2.28. The van der Waals surface area contributed by atoms with E-state index in [0.29, 0.717) is 23.8 Å². The lowest BCUT2D eigenvalue weighted by atomic mass is 9.84. The summed E-state index contributed by atoms with van der Waals surface area (Å²) in [6.45, 7) is 3.59. The van der Waals surface area contributed by atoms with E-state index >= 15 is 0 Å². The molecule has 0 aromatic heterocycles. The topological polar surface area (TPSA) is 32.8 Å². The summed E-state index contributed by atoms with van der Waals surface area (Å²) in [7, 11) is 1.56. The van der Waals surface area contributed by atoms with Crippen LogP contribution < -0.4 is 4.74 Å². The average molecular weight is 306 g/mol. The molecule has 1 amide bonds. The fourth-order valence-corrected chi connectivity index (χ4v) is 3.15. The fourth-order valence-electron chi connectivity index (χ4n) is 3.15. The molecule has 0 atom stereocenters. The predicted molar refractivity (Wildman–Crippen MR) is 82.2 cm³/mol. The molecule has 3 rings (SSSR count). The summed E-state index contributed by atoms with van der Waals surface area (Å²) >= 11 is 0. The van der Waals surface area contributed by atoms with Crippen molar-refractivity contribution in [2.45, 2.75) is 25.8 Å². The molecule has 0 unspecified atom stereocenters. The number of ether oxygens (including phenoxy) is 1. The van der Waals surface area contributed by atoms with Gasteiger partial charge in [0.2, 0.25) is 5.91 Å². The van der Waals surface area contributed by atoms with Crippen LogP contribution in [0.15, 0.2) is 18.2 Å². The summed E-state index contributed by atoms with van der Waals surface area (Å²) in [5, 5.41) is 0. The molecule has 1 aliphatic heterocycles. The number of piperazine rings is 1. The van der Waals surface area contributed by atoms with Gasteiger partial charge in [-0.25, -0.2) is 4.39 Å². The number of nitrogens with zero attached hydrogens (tertiary/aromatic N) is 2. The monoisotopic (exact) mass is 306 g/mol. The molecule has 1 heterocycles. The Bertz CT molecular complexity index is 537. The zero-order valence-corrected chi connectivity index (χ0v) is 13.1. The van der Waals surface area contributed by atoms with Crippen LogP contribution in [0.4, 0.5) is 4.39 Å². The summed E-state index contributed by atoms with van der Waals surface area (Å²) in [6.07, 6.45) is 3.28. The van der Waals surface area contributed by atoms with Crippen molar-refractivity contribution in [1.82, 2.24) is 9.80 Å². The van der Waals surface area contributed by atoms with Crippen molar-refractivity contribution in [3.63, 3.8) is 0 Å². The fraction of sp³-hybridized carbons (Fsp3) is 0.588. The van der Waals surface area contributed by atoms with Crippen molar-refractivity contribution >= 4 is 5.91 Å². The number of rotatable bonds is 4. The molecule has 22 heavy (non-hydrogen) atoms. The molecule has 5 heteroatoms. The Morgan fingerprint density at radius 1 is 1.27 bits per heavy atom. The molecule has 120 valence electrons. The first kappa shape index (κ1) is 15.3. The van der Waals surface area contributed by atoms with E-state index in [0.717, 1.165) is 39.0 Å². The number of carbonyl (C=O) groups is 1. The average Bonchev–Trinajstić information content (AvgIpc) is 2.48. The van der Waals surface area contributed by atoms with Gasteiger partial charge in [-0.15, -0.1) is 0 Å². The molecule has 1 aromatic carbocycles. The molecule has 0 N–H and O–H groups in total. The molecule has 4 nitrogen and oxygen atoms in total. The van der Waals surface area contributed by atoms with Crippen LogP contribution in [0.25, 0.3) is 0 Å². The van der Waals surface area contributed by atoms with E-state index in [9.17, 15) is 9.18 Å². The van der Waals surface area contributed by atoms with Crippen molar-refractivity contribution in [2.24, 2.45) is 5.92 Å². The Morgan fingerprint density at radius 3 is 2.59 bits per heavy atom. The highest BCUT2D eigenvalue weighted by Gasteiger charge is 2.31. The lowest BCUT2D eigenvalue weighted by Gasteiger charge is -2.38. The minimum atomic E-state index is -0.229. The Morgan fingerprint density at radius 2 is 2.00 bits per heavy atom. The van der Waals surface area contributed by atoms with Crippen LogP contribution in [0.2, 0.25) is 0 Å². The molecule has 0 bridgehead atoms. The molecular formula is C17H23FN2O2. The van der Waals surface area contributed by atoms with Crippen LogP contribution in [0, 0.1) is 11.7 Å². The van der Waals surface area contributed by atoms with Crippen LogP contribution in [-0.4, -0.2) is 49.0 Å². The molecule has 0 radical (unpaired) electrons. The van der Waals surface area contributed by atoms with Crippen molar-refractivity contribution < 1.29 is 13.9 Å². The van der Waals surface area contributed by atoms with Gasteiger partial charge in [0.15, 0.2) is 0 Å².